The molecular formula is C26H22ClN3O4. The second-order valence-corrected chi connectivity index (χ2v) is 8.82. The first-order chi connectivity index (χ1) is 16.4. The van der Waals surface area contributed by atoms with Gasteiger partial charge in [-0.25, -0.2) is 0 Å². The standard InChI is InChI=1S/C26H22ClN3O4/c1-15-26(33)30(21-13-28-12-11-22(21)34-15)14-16-5-7-17(8-6-16)18-3-2-4-19(24(18)27)20-9-10-23(31)29-25(20)32/h2-8,11-13,15,20H,9-10,14H2,1H3,(H,29,31,32). The molecule has 172 valence electrons. The number of hydrogen-bond acceptors (Lipinski definition) is 5. The molecule has 8 heteroatoms. The maximum absolute atomic E-state index is 12.8. The molecule has 2 aliphatic rings. The van der Waals surface area contributed by atoms with Gasteiger partial charge in [0.2, 0.25) is 11.8 Å². The molecule has 0 aliphatic carbocycles. The van der Waals surface area contributed by atoms with Crippen LogP contribution in [0.3, 0.4) is 0 Å². The molecule has 5 rings (SSSR count). The lowest BCUT2D eigenvalue weighted by Crippen LogP contribution is -2.44. The average molecular weight is 476 g/mol. The molecule has 3 aromatic rings. The van der Waals surface area contributed by atoms with Gasteiger partial charge >= 0.3 is 0 Å². The van der Waals surface area contributed by atoms with E-state index in [1.165, 1.54) is 0 Å². The van der Waals surface area contributed by atoms with Crippen molar-refractivity contribution in [2.45, 2.75) is 38.3 Å². The number of aromatic nitrogens is 1. The highest BCUT2D eigenvalue weighted by Crippen LogP contribution is 2.38. The maximum atomic E-state index is 12.8. The molecule has 1 fully saturated rings. The largest absolute Gasteiger partial charge is 0.479 e. The highest BCUT2D eigenvalue weighted by atomic mass is 35.5. The summed E-state index contributed by atoms with van der Waals surface area (Å²) in [6, 6.07) is 15.2. The number of imide groups is 1. The fraction of sp³-hybridized carbons (Fsp3) is 0.231. The lowest BCUT2D eigenvalue weighted by Gasteiger charge is -2.32. The third-order valence-corrected chi connectivity index (χ3v) is 6.64. The van der Waals surface area contributed by atoms with Crippen LogP contribution < -0.4 is 15.0 Å². The number of rotatable bonds is 4. The fourth-order valence-electron chi connectivity index (χ4n) is 4.42. The number of fused-ring (bicyclic) bond motifs is 1. The van der Waals surface area contributed by atoms with Crippen LogP contribution >= 0.6 is 11.6 Å². The minimum Gasteiger partial charge on any atom is -0.479 e. The van der Waals surface area contributed by atoms with Crippen molar-refractivity contribution in [1.29, 1.82) is 0 Å². The predicted molar refractivity (Wildman–Crippen MR) is 128 cm³/mol. The number of carbonyl (C=O) groups is 3. The first kappa shape index (κ1) is 22.1. The fourth-order valence-corrected chi connectivity index (χ4v) is 4.79. The second kappa shape index (κ2) is 8.91. The van der Waals surface area contributed by atoms with Gasteiger partial charge in [0.1, 0.15) is 11.4 Å². The van der Waals surface area contributed by atoms with Crippen molar-refractivity contribution in [2.75, 3.05) is 4.90 Å². The number of amides is 3. The Balaban J connectivity index is 1.40. The Morgan fingerprint density at radius 1 is 1.12 bits per heavy atom. The van der Waals surface area contributed by atoms with Crippen molar-refractivity contribution < 1.29 is 19.1 Å². The number of pyridine rings is 1. The average Bonchev–Trinajstić information content (AvgIpc) is 2.83. The van der Waals surface area contributed by atoms with Crippen molar-refractivity contribution in [3.05, 3.63) is 77.1 Å². The number of carbonyl (C=O) groups excluding carboxylic acids is 3. The number of ether oxygens (including phenoxy) is 1. The SMILES string of the molecule is CC1Oc2ccncc2N(Cc2ccc(-c3cccc(C4CCC(=O)NC4=O)c3Cl)cc2)C1=O. The lowest BCUT2D eigenvalue weighted by molar-refractivity contribution is -0.134. The van der Waals surface area contributed by atoms with Gasteiger partial charge in [-0.15, -0.1) is 0 Å². The topological polar surface area (TPSA) is 88.6 Å². The summed E-state index contributed by atoms with van der Waals surface area (Å²) in [5.41, 5.74) is 4.01. The van der Waals surface area contributed by atoms with Crippen LogP contribution in [-0.2, 0) is 20.9 Å². The predicted octanol–water partition coefficient (Wildman–Crippen LogP) is 4.24. The molecule has 0 saturated carbocycles. The van der Waals surface area contributed by atoms with Crippen LogP contribution in [-0.4, -0.2) is 28.8 Å². The quantitative estimate of drug-likeness (QED) is 0.570. The maximum Gasteiger partial charge on any atom is 0.268 e. The number of halogens is 1. The minimum absolute atomic E-state index is 0.121. The molecule has 1 saturated heterocycles. The van der Waals surface area contributed by atoms with E-state index in [-0.39, 0.29) is 17.7 Å². The number of nitrogens with zero attached hydrogens (tertiary/aromatic N) is 2. The second-order valence-electron chi connectivity index (χ2n) is 8.44. The Hall–Kier alpha value is -3.71. The monoisotopic (exact) mass is 475 g/mol. The van der Waals surface area contributed by atoms with Crippen LogP contribution in [0.4, 0.5) is 5.69 Å². The highest BCUT2D eigenvalue weighted by molar-refractivity contribution is 6.34. The zero-order valence-electron chi connectivity index (χ0n) is 18.5. The number of piperidine rings is 1. The molecule has 3 amide bonds. The van der Waals surface area contributed by atoms with E-state index >= 15 is 0 Å². The molecular weight excluding hydrogens is 454 g/mol. The van der Waals surface area contributed by atoms with Crippen molar-refractivity contribution in [1.82, 2.24) is 10.3 Å². The summed E-state index contributed by atoms with van der Waals surface area (Å²) in [6.45, 7) is 2.12. The van der Waals surface area contributed by atoms with E-state index in [9.17, 15) is 14.4 Å². The van der Waals surface area contributed by atoms with Crippen LogP contribution in [0.1, 0.15) is 36.8 Å². The smallest absolute Gasteiger partial charge is 0.268 e. The zero-order valence-corrected chi connectivity index (χ0v) is 19.2. The van der Waals surface area contributed by atoms with E-state index in [1.54, 1.807) is 30.3 Å². The van der Waals surface area contributed by atoms with Gasteiger partial charge in [-0.2, -0.15) is 0 Å². The summed E-state index contributed by atoms with van der Waals surface area (Å²) in [7, 11) is 0. The number of anilines is 1. The Bertz CT molecular complexity index is 1290. The van der Waals surface area contributed by atoms with Gasteiger partial charge < -0.3 is 9.64 Å². The summed E-state index contributed by atoms with van der Waals surface area (Å²) in [5.74, 6) is -0.506. The van der Waals surface area contributed by atoms with E-state index in [4.69, 9.17) is 16.3 Å². The van der Waals surface area contributed by atoms with E-state index in [0.29, 0.717) is 41.4 Å². The number of hydrogen-bond donors (Lipinski definition) is 1. The van der Waals surface area contributed by atoms with Crippen LogP contribution in [0.2, 0.25) is 5.02 Å². The van der Waals surface area contributed by atoms with Gasteiger partial charge in [-0.1, -0.05) is 54.1 Å². The summed E-state index contributed by atoms with van der Waals surface area (Å²) in [4.78, 5) is 42.4. The van der Waals surface area contributed by atoms with E-state index in [0.717, 1.165) is 16.7 Å². The van der Waals surface area contributed by atoms with Gasteiger partial charge in [-0.05, 0) is 30.0 Å². The molecule has 1 N–H and O–H groups in total. The molecule has 0 bridgehead atoms. The number of benzene rings is 2. The minimum atomic E-state index is -0.567. The summed E-state index contributed by atoms with van der Waals surface area (Å²) in [5, 5.41) is 2.89. The first-order valence-electron chi connectivity index (χ1n) is 11.1. The third kappa shape index (κ3) is 4.03. The molecule has 2 aromatic carbocycles. The molecule has 34 heavy (non-hydrogen) atoms. The third-order valence-electron chi connectivity index (χ3n) is 6.22. The zero-order chi connectivity index (χ0) is 23.8. The van der Waals surface area contributed by atoms with Crippen molar-refractivity contribution >= 4 is 35.0 Å². The van der Waals surface area contributed by atoms with E-state index < -0.39 is 12.0 Å². The molecule has 0 radical (unpaired) electrons. The van der Waals surface area contributed by atoms with Gasteiger partial charge in [0.15, 0.2) is 6.10 Å². The molecule has 7 nitrogen and oxygen atoms in total. The summed E-state index contributed by atoms with van der Waals surface area (Å²) < 4.78 is 5.68. The van der Waals surface area contributed by atoms with Gasteiger partial charge in [0, 0.05) is 24.2 Å². The van der Waals surface area contributed by atoms with Gasteiger partial charge in [0.05, 0.1) is 23.7 Å². The Kier molecular flexibility index (Phi) is 5.79. The van der Waals surface area contributed by atoms with Crippen molar-refractivity contribution in [2.24, 2.45) is 0 Å². The van der Waals surface area contributed by atoms with Crippen LogP contribution in [0.15, 0.2) is 60.9 Å². The van der Waals surface area contributed by atoms with Gasteiger partial charge in [-0.3, -0.25) is 24.7 Å². The van der Waals surface area contributed by atoms with Crippen LogP contribution in [0, 0.1) is 0 Å². The highest BCUT2D eigenvalue weighted by Gasteiger charge is 2.32. The van der Waals surface area contributed by atoms with Crippen molar-refractivity contribution in [3.8, 4) is 16.9 Å². The summed E-state index contributed by atoms with van der Waals surface area (Å²) in [6.07, 6.45) is 3.44. The molecule has 3 heterocycles. The molecule has 0 spiro atoms. The number of nitrogens with one attached hydrogen (secondary N) is 1. The van der Waals surface area contributed by atoms with Crippen LogP contribution in [0.25, 0.3) is 11.1 Å². The van der Waals surface area contributed by atoms with E-state index in [2.05, 4.69) is 10.3 Å². The van der Waals surface area contributed by atoms with Crippen LogP contribution in [0.5, 0.6) is 5.75 Å². The molecule has 2 atom stereocenters. The summed E-state index contributed by atoms with van der Waals surface area (Å²) >= 11 is 6.73. The first-order valence-corrected chi connectivity index (χ1v) is 11.4. The van der Waals surface area contributed by atoms with Crippen molar-refractivity contribution in [3.63, 3.8) is 0 Å². The molecule has 2 unspecified atom stereocenters. The molecule has 1 aromatic heterocycles. The lowest BCUT2D eigenvalue weighted by atomic mass is 9.88. The Morgan fingerprint density at radius 2 is 1.91 bits per heavy atom. The normalized spacial score (nSPS) is 19.9. The van der Waals surface area contributed by atoms with E-state index in [1.807, 2.05) is 42.5 Å². The Labute approximate surface area is 201 Å². The molecule has 2 aliphatic heterocycles. The van der Waals surface area contributed by atoms with Gasteiger partial charge in [0.25, 0.3) is 5.91 Å². The Morgan fingerprint density at radius 3 is 2.68 bits per heavy atom.